The molecule has 2 aromatic heterocycles. The number of halogens is 1. The zero-order valence-electron chi connectivity index (χ0n) is 11.6. The number of ether oxygens (including phenoxy) is 2. The van der Waals surface area contributed by atoms with Crippen LogP contribution in [-0.2, 0) is 6.54 Å². The summed E-state index contributed by atoms with van der Waals surface area (Å²) in [6.07, 6.45) is 1.94. The van der Waals surface area contributed by atoms with Crippen LogP contribution in [0.3, 0.4) is 0 Å². The molecule has 21 heavy (non-hydrogen) atoms. The third-order valence-corrected chi connectivity index (χ3v) is 3.88. The lowest BCUT2D eigenvalue weighted by Gasteiger charge is -2.11. The van der Waals surface area contributed by atoms with Crippen molar-refractivity contribution in [3.8, 4) is 11.6 Å². The molecular weight excluding hydrogens is 293 g/mol. The van der Waals surface area contributed by atoms with E-state index in [4.69, 9.17) is 9.47 Å². The molecule has 3 rings (SSSR count). The molecule has 0 fully saturated rings. The number of nitrogens with one attached hydrogen (secondary N) is 1. The summed E-state index contributed by atoms with van der Waals surface area (Å²) >= 11 is 1.54. The van der Waals surface area contributed by atoms with Crippen molar-refractivity contribution in [1.82, 2.24) is 9.38 Å². The maximum atomic E-state index is 13.2. The van der Waals surface area contributed by atoms with Gasteiger partial charge in [0.25, 0.3) is 0 Å². The highest BCUT2D eigenvalue weighted by atomic mass is 32.1. The summed E-state index contributed by atoms with van der Waals surface area (Å²) in [7, 11) is 3.10. The lowest BCUT2D eigenvalue weighted by Crippen LogP contribution is -2.05. The predicted molar refractivity (Wildman–Crippen MR) is 79.9 cm³/mol. The molecule has 3 aromatic rings. The molecule has 110 valence electrons. The minimum Gasteiger partial charge on any atom is -0.494 e. The number of hydrogen-bond donors (Lipinski definition) is 1. The second-order valence-corrected chi connectivity index (χ2v) is 5.19. The van der Waals surface area contributed by atoms with E-state index < -0.39 is 0 Å². The van der Waals surface area contributed by atoms with Crippen LogP contribution in [0.2, 0.25) is 0 Å². The van der Waals surface area contributed by atoms with E-state index in [1.807, 2.05) is 16.0 Å². The molecule has 0 aliphatic rings. The number of hydrogen-bond acceptors (Lipinski definition) is 5. The highest BCUT2D eigenvalue weighted by Gasteiger charge is 2.14. The Morgan fingerprint density at radius 1 is 1.33 bits per heavy atom. The molecule has 0 saturated heterocycles. The first-order chi connectivity index (χ1) is 10.2. The van der Waals surface area contributed by atoms with E-state index in [2.05, 4.69) is 10.3 Å². The van der Waals surface area contributed by atoms with Crippen LogP contribution in [0.1, 0.15) is 5.69 Å². The smallest absolute Gasteiger partial charge is 0.238 e. The van der Waals surface area contributed by atoms with E-state index in [9.17, 15) is 4.39 Å². The topological polar surface area (TPSA) is 47.8 Å². The molecule has 5 nitrogen and oxygen atoms in total. The van der Waals surface area contributed by atoms with Gasteiger partial charge in [-0.3, -0.25) is 4.40 Å². The number of fused-ring (bicyclic) bond motifs is 1. The van der Waals surface area contributed by atoms with Crippen LogP contribution in [0.25, 0.3) is 4.96 Å². The van der Waals surface area contributed by atoms with E-state index in [1.54, 1.807) is 13.2 Å². The van der Waals surface area contributed by atoms with Crippen molar-refractivity contribution in [1.29, 1.82) is 0 Å². The Morgan fingerprint density at radius 2 is 2.19 bits per heavy atom. The first-order valence-electron chi connectivity index (χ1n) is 6.28. The van der Waals surface area contributed by atoms with Gasteiger partial charge in [0.2, 0.25) is 5.88 Å². The fourth-order valence-electron chi connectivity index (χ4n) is 2.13. The van der Waals surface area contributed by atoms with Gasteiger partial charge in [-0.1, -0.05) is 0 Å². The molecule has 2 heterocycles. The molecule has 0 bridgehead atoms. The van der Waals surface area contributed by atoms with Crippen LogP contribution in [0.15, 0.2) is 29.8 Å². The normalized spacial score (nSPS) is 10.8. The summed E-state index contributed by atoms with van der Waals surface area (Å²) < 4.78 is 25.6. The van der Waals surface area contributed by atoms with Gasteiger partial charge < -0.3 is 14.8 Å². The summed E-state index contributed by atoms with van der Waals surface area (Å²) in [6.45, 7) is 0.489. The van der Waals surface area contributed by atoms with Crippen molar-refractivity contribution >= 4 is 22.0 Å². The second kappa shape index (κ2) is 5.61. The average molecular weight is 307 g/mol. The molecule has 0 atom stereocenters. The van der Waals surface area contributed by atoms with E-state index in [0.29, 0.717) is 23.9 Å². The van der Waals surface area contributed by atoms with Gasteiger partial charge in [-0.15, -0.1) is 11.3 Å². The number of anilines is 1. The third-order valence-electron chi connectivity index (χ3n) is 3.13. The van der Waals surface area contributed by atoms with Crippen LogP contribution < -0.4 is 14.8 Å². The van der Waals surface area contributed by atoms with Crippen molar-refractivity contribution < 1.29 is 13.9 Å². The van der Waals surface area contributed by atoms with E-state index in [-0.39, 0.29) is 5.82 Å². The minimum absolute atomic E-state index is 0.334. The van der Waals surface area contributed by atoms with Crippen LogP contribution in [0, 0.1) is 5.82 Å². The van der Waals surface area contributed by atoms with E-state index in [1.165, 1.54) is 30.6 Å². The van der Waals surface area contributed by atoms with Gasteiger partial charge in [0, 0.05) is 17.6 Å². The Balaban J connectivity index is 1.88. The highest BCUT2D eigenvalue weighted by Crippen LogP contribution is 2.28. The average Bonchev–Trinajstić information content (AvgIpc) is 3.06. The van der Waals surface area contributed by atoms with Gasteiger partial charge in [-0.2, -0.15) is 4.98 Å². The Morgan fingerprint density at radius 3 is 2.95 bits per heavy atom. The zero-order valence-corrected chi connectivity index (χ0v) is 12.4. The quantitative estimate of drug-likeness (QED) is 0.786. The second-order valence-electron chi connectivity index (χ2n) is 4.32. The van der Waals surface area contributed by atoms with Crippen molar-refractivity contribution in [2.75, 3.05) is 19.5 Å². The van der Waals surface area contributed by atoms with Crippen molar-refractivity contribution in [2.45, 2.75) is 6.54 Å². The molecule has 1 aromatic carbocycles. The van der Waals surface area contributed by atoms with Gasteiger partial charge in [0.05, 0.1) is 26.5 Å². The lowest BCUT2D eigenvalue weighted by molar-refractivity contribution is 0.395. The summed E-state index contributed by atoms with van der Waals surface area (Å²) in [6, 6.07) is 4.38. The van der Waals surface area contributed by atoms with Crippen molar-refractivity contribution in [3.63, 3.8) is 0 Å². The van der Waals surface area contributed by atoms with Crippen molar-refractivity contribution in [3.05, 3.63) is 41.3 Å². The maximum Gasteiger partial charge on any atom is 0.238 e. The predicted octanol–water partition coefficient (Wildman–Crippen LogP) is 3.16. The van der Waals surface area contributed by atoms with Gasteiger partial charge in [0.15, 0.2) is 4.96 Å². The Hall–Kier alpha value is -2.28. The molecule has 0 aliphatic heterocycles. The fraction of sp³-hybridized carbons (Fsp3) is 0.214. The standard InChI is InChI=1S/C14H14FN3O2S/c1-19-12-7-9(15)3-4-10(12)16-8-11-13(20-2)17-14-18(11)5-6-21-14/h3-7,16H,8H2,1-2H3. The number of methoxy groups -OCH3 is 2. The molecule has 0 aliphatic carbocycles. The molecule has 0 unspecified atom stereocenters. The van der Waals surface area contributed by atoms with E-state index >= 15 is 0 Å². The van der Waals surface area contributed by atoms with Gasteiger partial charge in [-0.05, 0) is 12.1 Å². The van der Waals surface area contributed by atoms with Crippen LogP contribution in [0.5, 0.6) is 11.6 Å². The van der Waals surface area contributed by atoms with Crippen molar-refractivity contribution in [2.24, 2.45) is 0 Å². The van der Waals surface area contributed by atoms with Gasteiger partial charge in [0.1, 0.15) is 17.3 Å². The summed E-state index contributed by atoms with van der Waals surface area (Å²) in [5.74, 6) is 0.704. The summed E-state index contributed by atoms with van der Waals surface area (Å²) in [5.41, 5.74) is 1.62. The first kappa shape index (κ1) is 13.7. The SMILES string of the molecule is COc1cc(F)ccc1NCc1c(OC)nc2sccn12. The highest BCUT2D eigenvalue weighted by molar-refractivity contribution is 7.15. The minimum atomic E-state index is -0.334. The lowest BCUT2D eigenvalue weighted by atomic mass is 10.2. The van der Waals surface area contributed by atoms with E-state index in [0.717, 1.165) is 10.7 Å². The van der Waals surface area contributed by atoms with Crippen LogP contribution >= 0.6 is 11.3 Å². The number of rotatable bonds is 5. The zero-order chi connectivity index (χ0) is 14.8. The van der Waals surface area contributed by atoms with Crippen LogP contribution in [0.4, 0.5) is 10.1 Å². The Labute approximate surface area is 125 Å². The maximum absolute atomic E-state index is 13.2. The largest absolute Gasteiger partial charge is 0.494 e. The summed E-state index contributed by atoms with van der Waals surface area (Å²) in [5, 5.41) is 5.18. The molecule has 0 spiro atoms. The first-order valence-corrected chi connectivity index (χ1v) is 7.16. The fourth-order valence-corrected chi connectivity index (χ4v) is 2.85. The van der Waals surface area contributed by atoms with Gasteiger partial charge in [-0.25, -0.2) is 4.39 Å². The Bertz CT molecular complexity index is 769. The number of thiazole rings is 1. The molecule has 0 radical (unpaired) electrons. The molecule has 7 heteroatoms. The Kier molecular flexibility index (Phi) is 3.66. The van der Waals surface area contributed by atoms with Crippen LogP contribution in [-0.4, -0.2) is 23.6 Å². The number of benzene rings is 1. The molecule has 0 amide bonds. The molecule has 0 saturated carbocycles. The third kappa shape index (κ3) is 2.52. The van der Waals surface area contributed by atoms with Gasteiger partial charge >= 0.3 is 0 Å². The monoisotopic (exact) mass is 307 g/mol. The summed E-state index contributed by atoms with van der Waals surface area (Å²) in [4.78, 5) is 5.26. The number of imidazole rings is 1. The number of aromatic nitrogens is 2. The number of nitrogens with zero attached hydrogens (tertiary/aromatic N) is 2. The molecule has 1 N–H and O–H groups in total. The molecular formula is C14H14FN3O2S.